The van der Waals surface area contributed by atoms with E-state index in [0.29, 0.717) is 6.04 Å². The number of aromatic nitrogens is 1. The molecule has 0 spiro atoms. The second-order valence-corrected chi connectivity index (χ2v) is 6.89. The van der Waals surface area contributed by atoms with Crippen molar-refractivity contribution in [1.29, 1.82) is 0 Å². The van der Waals surface area contributed by atoms with Crippen LogP contribution in [0.15, 0.2) is 34.9 Å². The average molecular weight is 339 g/mol. The predicted octanol–water partition coefficient (Wildman–Crippen LogP) is 5.02. The first-order valence-electron chi connectivity index (χ1n) is 6.54. The van der Waals surface area contributed by atoms with Crippen LogP contribution in [0.25, 0.3) is 0 Å². The van der Waals surface area contributed by atoms with Gasteiger partial charge in [0.15, 0.2) is 0 Å². The van der Waals surface area contributed by atoms with Crippen molar-refractivity contribution in [3.63, 3.8) is 0 Å². The largest absolute Gasteiger partial charge is 0.301 e. The van der Waals surface area contributed by atoms with Gasteiger partial charge >= 0.3 is 0 Å². The van der Waals surface area contributed by atoms with Crippen LogP contribution in [0.3, 0.4) is 0 Å². The van der Waals surface area contributed by atoms with Crippen LogP contribution in [0.4, 0.5) is 0 Å². The second-order valence-electron chi connectivity index (χ2n) is 4.71. The van der Waals surface area contributed by atoms with E-state index in [1.54, 1.807) is 11.3 Å². The van der Waals surface area contributed by atoms with Crippen molar-refractivity contribution in [1.82, 2.24) is 10.3 Å². The SMILES string of the molecule is CCC(NC(C)c1ncc(C)s1)c1ccc(Br)cc1. The number of halogens is 1. The molecule has 2 atom stereocenters. The molecule has 0 aliphatic heterocycles. The van der Waals surface area contributed by atoms with Crippen LogP contribution in [0.5, 0.6) is 0 Å². The lowest BCUT2D eigenvalue weighted by molar-refractivity contribution is 0.455. The maximum Gasteiger partial charge on any atom is 0.109 e. The molecule has 0 saturated carbocycles. The Labute approximate surface area is 127 Å². The summed E-state index contributed by atoms with van der Waals surface area (Å²) in [5.41, 5.74) is 1.32. The van der Waals surface area contributed by atoms with Gasteiger partial charge in [-0.3, -0.25) is 0 Å². The molecule has 1 N–H and O–H groups in total. The lowest BCUT2D eigenvalue weighted by atomic mass is 10.0. The standard InChI is InChI=1S/C15H19BrN2S/c1-4-14(12-5-7-13(16)8-6-12)18-11(3)15-17-9-10(2)19-15/h5-9,11,14,18H,4H2,1-3H3. The van der Waals surface area contributed by atoms with Gasteiger partial charge in [-0.05, 0) is 38.0 Å². The third-order valence-corrected chi connectivity index (χ3v) is 4.77. The molecule has 2 unspecified atom stereocenters. The molecule has 0 fully saturated rings. The van der Waals surface area contributed by atoms with Crippen molar-refractivity contribution in [3.05, 3.63) is 50.4 Å². The molecule has 1 aromatic heterocycles. The molecule has 0 amide bonds. The predicted molar refractivity (Wildman–Crippen MR) is 85.6 cm³/mol. The van der Waals surface area contributed by atoms with Gasteiger partial charge in [0, 0.05) is 21.6 Å². The first-order chi connectivity index (χ1) is 9.10. The van der Waals surface area contributed by atoms with Crippen LogP contribution in [-0.2, 0) is 0 Å². The van der Waals surface area contributed by atoms with E-state index >= 15 is 0 Å². The monoisotopic (exact) mass is 338 g/mol. The maximum atomic E-state index is 4.46. The van der Waals surface area contributed by atoms with E-state index in [4.69, 9.17) is 0 Å². The summed E-state index contributed by atoms with van der Waals surface area (Å²) in [6.07, 6.45) is 3.01. The maximum absolute atomic E-state index is 4.46. The molecule has 2 aromatic rings. The highest BCUT2D eigenvalue weighted by molar-refractivity contribution is 9.10. The fourth-order valence-electron chi connectivity index (χ4n) is 2.09. The van der Waals surface area contributed by atoms with Crippen LogP contribution in [0.1, 0.15) is 47.8 Å². The second kappa shape index (κ2) is 6.64. The van der Waals surface area contributed by atoms with Crippen molar-refractivity contribution in [3.8, 4) is 0 Å². The van der Waals surface area contributed by atoms with E-state index in [-0.39, 0.29) is 6.04 Å². The number of benzene rings is 1. The van der Waals surface area contributed by atoms with Gasteiger partial charge < -0.3 is 5.32 Å². The lowest BCUT2D eigenvalue weighted by Gasteiger charge is -2.21. The normalized spacial score (nSPS) is 14.3. The fraction of sp³-hybridized carbons (Fsp3) is 0.400. The Morgan fingerprint density at radius 1 is 1.32 bits per heavy atom. The Morgan fingerprint density at radius 2 is 2.00 bits per heavy atom. The Balaban J connectivity index is 2.08. The minimum atomic E-state index is 0.285. The van der Waals surface area contributed by atoms with Crippen molar-refractivity contribution in [2.75, 3.05) is 0 Å². The number of rotatable bonds is 5. The summed E-state index contributed by atoms with van der Waals surface area (Å²) in [5, 5.41) is 4.82. The van der Waals surface area contributed by atoms with Crippen LogP contribution >= 0.6 is 27.3 Å². The zero-order valence-corrected chi connectivity index (χ0v) is 13.9. The highest BCUT2D eigenvalue weighted by atomic mass is 79.9. The summed E-state index contributed by atoms with van der Waals surface area (Å²) in [7, 11) is 0. The quantitative estimate of drug-likeness (QED) is 0.828. The molecular weight excluding hydrogens is 320 g/mol. The van der Waals surface area contributed by atoms with Crippen LogP contribution < -0.4 is 5.32 Å². The number of nitrogens with one attached hydrogen (secondary N) is 1. The molecule has 2 rings (SSSR count). The minimum absolute atomic E-state index is 0.285. The molecule has 19 heavy (non-hydrogen) atoms. The molecule has 4 heteroatoms. The molecule has 0 radical (unpaired) electrons. The van der Waals surface area contributed by atoms with Gasteiger partial charge in [0.2, 0.25) is 0 Å². The fourth-order valence-corrected chi connectivity index (χ4v) is 3.14. The van der Waals surface area contributed by atoms with Gasteiger partial charge in [0.25, 0.3) is 0 Å². The van der Waals surface area contributed by atoms with E-state index < -0.39 is 0 Å². The Bertz CT molecular complexity index is 521. The summed E-state index contributed by atoms with van der Waals surface area (Å²) >= 11 is 5.24. The van der Waals surface area contributed by atoms with Crippen molar-refractivity contribution >= 4 is 27.3 Å². The van der Waals surface area contributed by atoms with Crippen LogP contribution in [0.2, 0.25) is 0 Å². The molecule has 0 bridgehead atoms. The highest BCUT2D eigenvalue weighted by Gasteiger charge is 2.15. The molecule has 0 aliphatic rings. The first kappa shape index (κ1) is 14.7. The third-order valence-electron chi connectivity index (χ3n) is 3.14. The van der Waals surface area contributed by atoms with Crippen molar-refractivity contribution in [2.24, 2.45) is 0 Å². The summed E-state index contributed by atoms with van der Waals surface area (Å²) in [4.78, 5) is 5.72. The topological polar surface area (TPSA) is 24.9 Å². The van der Waals surface area contributed by atoms with Gasteiger partial charge in [-0.25, -0.2) is 4.98 Å². The van der Waals surface area contributed by atoms with Gasteiger partial charge in [0.05, 0.1) is 6.04 Å². The number of aryl methyl sites for hydroxylation is 1. The first-order valence-corrected chi connectivity index (χ1v) is 8.15. The smallest absolute Gasteiger partial charge is 0.109 e. The Hall–Kier alpha value is -0.710. The summed E-state index contributed by atoms with van der Waals surface area (Å²) in [5.74, 6) is 0. The zero-order chi connectivity index (χ0) is 13.8. The van der Waals surface area contributed by atoms with Gasteiger partial charge in [-0.2, -0.15) is 0 Å². The van der Waals surface area contributed by atoms with E-state index in [0.717, 1.165) is 15.9 Å². The number of nitrogens with zero attached hydrogens (tertiary/aromatic N) is 1. The number of thiazole rings is 1. The highest BCUT2D eigenvalue weighted by Crippen LogP contribution is 2.25. The number of hydrogen-bond donors (Lipinski definition) is 1. The van der Waals surface area contributed by atoms with Crippen molar-refractivity contribution in [2.45, 2.75) is 39.3 Å². The zero-order valence-electron chi connectivity index (χ0n) is 11.5. The van der Waals surface area contributed by atoms with E-state index in [1.165, 1.54) is 10.4 Å². The Kier molecular flexibility index (Phi) is 5.13. The van der Waals surface area contributed by atoms with Gasteiger partial charge in [0.1, 0.15) is 5.01 Å². The van der Waals surface area contributed by atoms with E-state index in [1.807, 2.05) is 6.20 Å². The third kappa shape index (κ3) is 3.88. The molecule has 102 valence electrons. The van der Waals surface area contributed by atoms with Crippen LogP contribution in [-0.4, -0.2) is 4.98 Å². The van der Waals surface area contributed by atoms with E-state index in [9.17, 15) is 0 Å². The minimum Gasteiger partial charge on any atom is -0.301 e. The summed E-state index contributed by atoms with van der Waals surface area (Å²) in [6, 6.07) is 9.19. The Morgan fingerprint density at radius 3 is 2.53 bits per heavy atom. The molecule has 0 saturated heterocycles. The lowest BCUT2D eigenvalue weighted by Crippen LogP contribution is -2.24. The number of hydrogen-bond acceptors (Lipinski definition) is 3. The van der Waals surface area contributed by atoms with Crippen LogP contribution in [0, 0.1) is 6.92 Å². The molecule has 1 heterocycles. The molecular formula is C15H19BrN2S. The summed E-state index contributed by atoms with van der Waals surface area (Å²) in [6.45, 7) is 6.49. The average Bonchev–Trinajstić information content (AvgIpc) is 2.84. The van der Waals surface area contributed by atoms with Gasteiger partial charge in [-0.15, -0.1) is 11.3 Å². The summed E-state index contributed by atoms with van der Waals surface area (Å²) < 4.78 is 1.12. The van der Waals surface area contributed by atoms with Crippen molar-refractivity contribution < 1.29 is 0 Å². The van der Waals surface area contributed by atoms with Gasteiger partial charge in [-0.1, -0.05) is 35.0 Å². The molecule has 1 aromatic carbocycles. The molecule has 2 nitrogen and oxygen atoms in total. The van der Waals surface area contributed by atoms with E-state index in [2.05, 4.69) is 71.3 Å². The molecule has 0 aliphatic carbocycles.